The Kier molecular flexibility index (Phi) is 11.3. The molecule has 0 saturated heterocycles. The Morgan fingerprint density at radius 2 is 1.83 bits per heavy atom. The highest BCUT2D eigenvalue weighted by atomic mass is 16.1. The summed E-state index contributed by atoms with van der Waals surface area (Å²) in [6.07, 6.45) is 16.3. The van der Waals surface area contributed by atoms with Crippen LogP contribution in [0.3, 0.4) is 0 Å². The number of hydrogen-bond acceptors (Lipinski definition) is 1. The second-order valence-electron chi connectivity index (χ2n) is 4.81. The van der Waals surface area contributed by atoms with Crippen LogP contribution in [0.4, 0.5) is 0 Å². The molecule has 0 aromatic rings. The van der Waals surface area contributed by atoms with Gasteiger partial charge in [0.1, 0.15) is 0 Å². The van der Waals surface area contributed by atoms with E-state index >= 15 is 0 Å². The lowest BCUT2D eigenvalue weighted by atomic mass is 10.2. The van der Waals surface area contributed by atoms with E-state index in [9.17, 15) is 4.79 Å². The summed E-state index contributed by atoms with van der Waals surface area (Å²) < 4.78 is 0. The van der Waals surface area contributed by atoms with Crippen molar-refractivity contribution in [3.63, 3.8) is 0 Å². The zero-order valence-electron chi connectivity index (χ0n) is 12.0. The van der Waals surface area contributed by atoms with Crippen LogP contribution in [-0.2, 0) is 4.79 Å². The first-order chi connectivity index (χ1) is 8.66. The molecule has 0 aliphatic carbocycles. The van der Waals surface area contributed by atoms with Crippen molar-refractivity contribution >= 4 is 5.91 Å². The lowest BCUT2D eigenvalue weighted by Crippen LogP contribution is -2.25. The van der Waals surface area contributed by atoms with Crippen LogP contribution in [0.1, 0.15) is 46.5 Å². The highest BCUT2D eigenvalue weighted by Crippen LogP contribution is 1.99. The minimum atomic E-state index is -0.0275. The smallest absolute Gasteiger partial charge is 0.243 e. The second kappa shape index (κ2) is 12.2. The molecule has 0 unspecified atom stereocenters. The zero-order valence-corrected chi connectivity index (χ0v) is 12.0. The van der Waals surface area contributed by atoms with Crippen molar-refractivity contribution in [1.29, 1.82) is 0 Å². The van der Waals surface area contributed by atoms with Crippen molar-refractivity contribution in [3.8, 4) is 0 Å². The summed E-state index contributed by atoms with van der Waals surface area (Å²) in [5.74, 6) is 0.462. The van der Waals surface area contributed by atoms with Crippen LogP contribution in [-0.4, -0.2) is 12.5 Å². The summed E-state index contributed by atoms with van der Waals surface area (Å²) in [4.78, 5) is 11.3. The first-order valence-corrected chi connectivity index (χ1v) is 6.94. The molecule has 1 N–H and O–H groups in total. The van der Waals surface area contributed by atoms with Gasteiger partial charge in [0.25, 0.3) is 0 Å². The Morgan fingerprint density at radius 3 is 2.50 bits per heavy atom. The van der Waals surface area contributed by atoms with Gasteiger partial charge in [0.2, 0.25) is 5.91 Å². The molecule has 0 rings (SSSR count). The van der Waals surface area contributed by atoms with Crippen molar-refractivity contribution < 1.29 is 4.79 Å². The third-order valence-electron chi connectivity index (χ3n) is 2.38. The van der Waals surface area contributed by atoms with Crippen LogP contribution in [0, 0.1) is 5.92 Å². The molecule has 0 radical (unpaired) electrons. The molecule has 0 aromatic heterocycles. The van der Waals surface area contributed by atoms with Crippen LogP contribution in [0.25, 0.3) is 0 Å². The van der Waals surface area contributed by atoms with Crippen LogP contribution >= 0.6 is 0 Å². The molecule has 0 bridgehead atoms. The van der Waals surface area contributed by atoms with Crippen molar-refractivity contribution in [2.75, 3.05) is 6.54 Å². The van der Waals surface area contributed by atoms with E-state index in [0.29, 0.717) is 5.92 Å². The molecule has 18 heavy (non-hydrogen) atoms. The maximum Gasteiger partial charge on any atom is 0.243 e. The Morgan fingerprint density at radius 1 is 1.11 bits per heavy atom. The van der Waals surface area contributed by atoms with Crippen molar-refractivity contribution in [2.24, 2.45) is 5.92 Å². The van der Waals surface area contributed by atoms with Gasteiger partial charge in [0.15, 0.2) is 0 Å². The molecular weight excluding hydrogens is 222 g/mol. The fourth-order valence-electron chi connectivity index (χ4n) is 1.32. The summed E-state index contributed by atoms with van der Waals surface area (Å²) in [6, 6.07) is 0. The molecule has 0 aliphatic rings. The van der Waals surface area contributed by atoms with Crippen LogP contribution in [0.15, 0.2) is 36.5 Å². The monoisotopic (exact) mass is 249 g/mol. The molecule has 1 amide bonds. The van der Waals surface area contributed by atoms with Gasteiger partial charge in [-0.25, -0.2) is 0 Å². The molecule has 2 nitrogen and oxygen atoms in total. The first-order valence-electron chi connectivity index (χ1n) is 6.94. The van der Waals surface area contributed by atoms with Crippen LogP contribution in [0.5, 0.6) is 0 Å². The van der Waals surface area contributed by atoms with Crippen molar-refractivity contribution in [1.82, 2.24) is 5.32 Å². The van der Waals surface area contributed by atoms with E-state index in [1.807, 2.05) is 18.2 Å². The Hall–Kier alpha value is -1.31. The van der Waals surface area contributed by atoms with Gasteiger partial charge in [-0.1, -0.05) is 64.0 Å². The minimum Gasteiger partial charge on any atom is -0.352 e. The SMILES string of the molecule is CCCCCC=CC=CC=CC(=O)NCC(C)C. The normalized spacial score (nSPS) is 12.2. The number of rotatable bonds is 9. The molecule has 2 heteroatoms. The van der Waals surface area contributed by atoms with E-state index in [4.69, 9.17) is 0 Å². The maximum atomic E-state index is 11.3. The average Bonchev–Trinajstić information content (AvgIpc) is 2.34. The van der Waals surface area contributed by atoms with E-state index in [2.05, 4.69) is 32.2 Å². The predicted octanol–water partition coefficient (Wildman–Crippen LogP) is 4.01. The molecule has 0 spiro atoms. The molecule has 0 heterocycles. The lowest BCUT2D eigenvalue weighted by Gasteiger charge is -2.03. The number of amides is 1. The quantitative estimate of drug-likeness (QED) is 0.373. The van der Waals surface area contributed by atoms with E-state index in [1.54, 1.807) is 12.2 Å². The largest absolute Gasteiger partial charge is 0.352 e. The van der Waals surface area contributed by atoms with Gasteiger partial charge >= 0.3 is 0 Å². The van der Waals surface area contributed by atoms with E-state index in [-0.39, 0.29) is 5.91 Å². The van der Waals surface area contributed by atoms with Gasteiger partial charge in [-0.15, -0.1) is 0 Å². The number of carbonyl (C=O) groups is 1. The van der Waals surface area contributed by atoms with Gasteiger partial charge in [0, 0.05) is 12.6 Å². The molecule has 0 atom stereocenters. The zero-order chi connectivity index (χ0) is 13.6. The summed E-state index contributed by atoms with van der Waals surface area (Å²) >= 11 is 0. The Labute approximate surface area is 112 Å². The van der Waals surface area contributed by atoms with Gasteiger partial charge in [-0.2, -0.15) is 0 Å². The number of unbranched alkanes of at least 4 members (excludes halogenated alkanes) is 3. The molecular formula is C16H27NO. The summed E-state index contributed by atoms with van der Waals surface area (Å²) in [7, 11) is 0. The standard InChI is InChI=1S/C16H27NO/c1-4-5-6-7-8-9-10-11-12-13-16(18)17-14-15(2)3/h8-13,15H,4-7,14H2,1-3H3,(H,17,18). The molecule has 0 saturated carbocycles. The molecule has 102 valence electrons. The van der Waals surface area contributed by atoms with Gasteiger partial charge in [-0.05, 0) is 18.8 Å². The fourth-order valence-corrected chi connectivity index (χ4v) is 1.32. The second-order valence-corrected chi connectivity index (χ2v) is 4.81. The Bertz CT molecular complexity index is 287. The molecule has 0 fully saturated rings. The van der Waals surface area contributed by atoms with Gasteiger partial charge < -0.3 is 5.32 Å². The molecule has 0 aliphatic heterocycles. The van der Waals surface area contributed by atoms with Crippen LogP contribution < -0.4 is 5.32 Å². The lowest BCUT2D eigenvalue weighted by molar-refractivity contribution is -0.116. The Balaban J connectivity index is 3.64. The topological polar surface area (TPSA) is 29.1 Å². The van der Waals surface area contributed by atoms with Gasteiger partial charge in [-0.3, -0.25) is 4.79 Å². The van der Waals surface area contributed by atoms with E-state index < -0.39 is 0 Å². The van der Waals surface area contributed by atoms with Crippen LogP contribution in [0.2, 0.25) is 0 Å². The van der Waals surface area contributed by atoms with E-state index in [0.717, 1.165) is 13.0 Å². The number of allylic oxidation sites excluding steroid dienone is 5. The maximum absolute atomic E-state index is 11.3. The molecule has 0 aromatic carbocycles. The number of carbonyl (C=O) groups excluding carboxylic acids is 1. The summed E-state index contributed by atoms with van der Waals surface area (Å²) in [5, 5.41) is 2.83. The fraction of sp³-hybridized carbons (Fsp3) is 0.562. The number of hydrogen-bond donors (Lipinski definition) is 1. The third-order valence-corrected chi connectivity index (χ3v) is 2.38. The predicted molar refractivity (Wildman–Crippen MR) is 79.4 cm³/mol. The first kappa shape index (κ1) is 16.7. The highest BCUT2D eigenvalue weighted by Gasteiger charge is 1.95. The van der Waals surface area contributed by atoms with Crippen molar-refractivity contribution in [3.05, 3.63) is 36.5 Å². The van der Waals surface area contributed by atoms with E-state index in [1.165, 1.54) is 19.3 Å². The van der Waals surface area contributed by atoms with Gasteiger partial charge in [0.05, 0.1) is 0 Å². The average molecular weight is 249 g/mol. The number of nitrogens with one attached hydrogen (secondary N) is 1. The highest BCUT2D eigenvalue weighted by molar-refractivity contribution is 5.87. The summed E-state index contributed by atoms with van der Waals surface area (Å²) in [5.41, 5.74) is 0. The van der Waals surface area contributed by atoms with Crippen molar-refractivity contribution in [2.45, 2.75) is 46.5 Å². The summed E-state index contributed by atoms with van der Waals surface area (Å²) in [6.45, 7) is 7.09. The third kappa shape index (κ3) is 12.8. The minimum absolute atomic E-state index is 0.0275.